The lowest BCUT2D eigenvalue weighted by molar-refractivity contribution is -0.138. The number of halogens is 4. The average molecular weight is 421 g/mol. The Morgan fingerprint density at radius 1 is 1.23 bits per heavy atom. The maximum Gasteiger partial charge on any atom is 0.419 e. The number of fused-ring (bicyclic) bond motifs is 1. The fourth-order valence-electron chi connectivity index (χ4n) is 4.03. The van der Waals surface area contributed by atoms with E-state index in [4.69, 9.17) is 4.74 Å². The van der Waals surface area contributed by atoms with Crippen LogP contribution in [0.2, 0.25) is 0 Å². The number of aromatic nitrogens is 2. The minimum Gasteiger partial charge on any atom is -0.496 e. The zero-order valence-corrected chi connectivity index (χ0v) is 16.1. The minimum atomic E-state index is -4.57. The van der Waals surface area contributed by atoms with Crippen molar-refractivity contribution in [2.24, 2.45) is 0 Å². The Morgan fingerprint density at radius 2 is 1.97 bits per heavy atom. The van der Waals surface area contributed by atoms with E-state index in [1.54, 1.807) is 17.2 Å². The van der Waals surface area contributed by atoms with E-state index in [1.165, 1.54) is 6.20 Å². The zero-order valence-electron chi connectivity index (χ0n) is 16.1. The number of aromatic amines is 1. The molecule has 158 valence electrons. The Labute approximate surface area is 169 Å². The molecule has 0 unspecified atom stereocenters. The third-order valence-corrected chi connectivity index (χ3v) is 5.52. The van der Waals surface area contributed by atoms with E-state index in [-0.39, 0.29) is 23.2 Å². The summed E-state index contributed by atoms with van der Waals surface area (Å²) in [5, 5.41) is 0.729. The molecule has 0 radical (unpaired) electrons. The van der Waals surface area contributed by atoms with Crippen LogP contribution in [0.4, 0.5) is 17.6 Å². The largest absolute Gasteiger partial charge is 0.496 e. The maximum absolute atomic E-state index is 14.5. The number of alkyl halides is 3. The van der Waals surface area contributed by atoms with Crippen LogP contribution in [0.1, 0.15) is 40.2 Å². The van der Waals surface area contributed by atoms with E-state index in [0.717, 1.165) is 30.7 Å². The molecule has 4 rings (SSSR count). The summed E-state index contributed by atoms with van der Waals surface area (Å²) in [5.74, 6) is -1.21. The molecule has 3 heterocycles. The molecular formula is C21H19F4N3O2. The number of nitrogens with zero attached hydrogens (tertiary/aromatic N) is 2. The van der Waals surface area contributed by atoms with Gasteiger partial charge in [0, 0.05) is 35.8 Å². The van der Waals surface area contributed by atoms with Crippen LogP contribution in [0.3, 0.4) is 0 Å². The number of rotatable bonds is 3. The molecule has 0 atom stereocenters. The van der Waals surface area contributed by atoms with Gasteiger partial charge in [-0.2, -0.15) is 13.2 Å². The first-order valence-electron chi connectivity index (χ1n) is 9.45. The van der Waals surface area contributed by atoms with Gasteiger partial charge >= 0.3 is 6.18 Å². The molecule has 0 aliphatic carbocycles. The summed E-state index contributed by atoms with van der Waals surface area (Å²) in [4.78, 5) is 21.4. The summed E-state index contributed by atoms with van der Waals surface area (Å²) in [6.07, 6.45) is -0.573. The Kier molecular flexibility index (Phi) is 5.13. The number of amides is 1. The standard InChI is InChI=1S/C21H19F4N3O2/c1-30-17-10-13(2-3-15(17)21(23,24)25)20(29)28-8-5-12(6-9-28)18-14-4-7-26-19(14)27-11-16(18)22/h2-4,7,10-12H,5-6,8-9H2,1H3,(H,26,27). The minimum absolute atomic E-state index is 0.0718. The number of likely N-dealkylation sites (tertiary alicyclic amines) is 1. The van der Waals surface area contributed by atoms with Crippen LogP contribution in [0.15, 0.2) is 36.7 Å². The summed E-state index contributed by atoms with van der Waals surface area (Å²) < 4.78 is 58.4. The maximum atomic E-state index is 14.5. The van der Waals surface area contributed by atoms with E-state index in [9.17, 15) is 22.4 Å². The topological polar surface area (TPSA) is 58.2 Å². The van der Waals surface area contributed by atoms with Gasteiger partial charge in [0.25, 0.3) is 5.91 Å². The predicted molar refractivity (Wildman–Crippen MR) is 102 cm³/mol. The molecule has 0 bridgehead atoms. The number of piperidine rings is 1. The van der Waals surface area contributed by atoms with Crippen molar-refractivity contribution in [3.63, 3.8) is 0 Å². The van der Waals surface area contributed by atoms with Crippen molar-refractivity contribution in [3.05, 3.63) is 59.2 Å². The van der Waals surface area contributed by atoms with E-state index < -0.39 is 17.5 Å². The number of carbonyl (C=O) groups is 1. The Balaban J connectivity index is 1.51. The van der Waals surface area contributed by atoms with Gasteiger partial charge in [0.15, 0.2) is 0 Å². The highest BCUT2D eigenvalue weighted by atomic mass is 19.4. The second-order valence-corrected chi connectivity index (χ2v) is 7.24. The molecule has 1 fully saturated rings. The average Bonchev–Trinajstić information content (AvgIpc) is 3.21. The quantitative estimate of drug-likeness (QED) is 0.621. The number of hydrogen-bond donors (Lipinski definition) is 1. The second-order valence-electron chi connectivity index (χ2n) is 7.24. The van der Waals surface area contributed by atoms with Gasteiger partial charge in [-0.1, -0.05) is 0 Å². The van der Waals surface area contributed by atoms with Crippen molar-refractivity contribution < 1.29 is 27.1 Å². The van der Waals surface area contributed by atoms with E-state index in [1.807, 2.05) is 0 Å². The third-order valence-electron chi connectivity index (χ3n) is 5.52. The van der Waals surface area contributed by atoms with Crippen molar-refractivity contribution in [2.45, 2.75) is 24.9 Å². The van der Waals surface area contributed by atoms with Gasteiger partial charge < -0.3 is 14.6 Å². The van der Waals surface area contributed by atoms with Gasteiger partial charge in [-0.15, -0.1) is 0 Å². The van der Waals surface area contributed by atoms with Crippen molar-refractivity contribution in [3.8, 4) is 5.75 Å². The van der Waals surface area contributed by atoms with Crippen LogP contribution < -0.4 is 4.74 Å². The number of pyridine rings is 1. The van der Waals surface area contributed by atoms with Crippen LogP contribution in [0.5, 0.6) is 5.75 Å². The molecule has 2 aromatic heterocycles. The normalized spacial score (nSPS) is 15.6. The first-order chi connectivity index (χ1) is 14.3. The van der Waals surface area contributed by atoms with E-state index >= 15 is 0 Å². The zero-order chi connectivity index (χ0) is 21.5. The van der Waals surface area contributed by atoms with E-state index in [0.29, 0.717) is 37.1 Å². The number of nitrogens with one attached hydrogen (secondary N) is 1. The smallest absolute Gasteiger partial charge is 0.419 e. The molecular weight excluding hydrogens is 402 g/mol. The van der Waals surface area contributed by atoms with Crippen molar-refractivity contribution >= 4 is 16.9 Å². The van der Waals surface area contributed by atoms with Crippen molar-refractivity contribution in [1.82, 2.24) is 14.9 Å². The molecule has 1 aliphatic rings. The molecule has 1 N–H and O–H groups in total. The highest BCUT2D eigenvalue weighted by Crippen LogP contribution is 2.38. The molecule has 1 aromatic carbocycles. The molecule has 1 amide bonds. The molecule has 1 saturated heterocycles. The molecule has 1 aliphatic heterocycles. The third kappa shape index (κ3) is 3.59. The number of H-pyrrole nitrogens is 1. The fraction of sp³-hybridized carbons (Fsp3) is 0.333. The van der Waals surface area contributed by atoms with Gasteiger partial charge in [0.2, 0.25) is 0 Å². The second kappa shape index (κ2) is 7.62. The number of benzene rings is 1. The van der Waals surface area contributed by atoms with Gasteiger partial charge in [-0.25, -0.2) is 9.37 Å². The molecule has 9 heteroatoms. The van der Waals surface area contributed by atoms with Crippen LogP contribution in [-0.4, -0.2) is 41.0 Å². The summed E-state index contributed by atoms with van der Waals surface area (Å²) in [6.45, 7) is 0.751. The first kappa shape index (κ1) is 20.2. The van der Waals surface area contributed by atoms with Crippen LogP contribution in [-0.2, 0) is 6.18 Å². The van der Waals surface area contributed by atoms with Crippen LogP contribution in [0, 0.1) is 5.82 Å². The van der Waals surface area contributed by atoms with Crippen molar-refractivity contribution in [1.29, 1.82) is 0 Å². The van der Waals surface area contributed by atoms with E-state index in [2.05, 4.69) is 9.97 Å². The summed E-state index contributed by atoms with van der Waals surface area (Å²) in [5.41, 5.74) is 0.400. The van der Waals surface area contributed by atoms with Gasteiger partial charge in [0.1, 0.15) is 17.2 Å². The lowest BCUT2D eigenvalue weighted by atomic mass is 9.87. The van der Waals surface area contributed by atoms with Crippen LogP contribution in [0.25, 0.3) is 11.0 Å². The number of methoxy groups -OCH3 is 1. The fourth-order valence-corrected chi connectivity index (χ4v) is 4.03. The summed E-state index contributed by atoms with van der Waals surface area (Å²) >= 11 is 0. The van der Waals surface area contributed by atoms with Gasteiger partial charge in [0.05, 0.1) is 18.9 Å². The molecule has 30 heavy (non-hydrogen) atoms. The Hall–Kier alpha value is -3.10. The Morgan fingerprint density at radius 3 is 2.63 bits per heavy atom. The monoisotopic (exact) mass is 421 g/mol. The molecule has 0 saturated carbocycles. The number of carbonyl (C=O) groups excluding carboxylic acids is 1. The SMILES string of the molecule is COc1cc(C(=O)N2CCC(c3c(F)cnc4[nH]ccc34)CC2)ccc1C(F)(F)F. The van der Waals surface area contributed by atoms with Crippen molar-refractivity contribution in [2.75, 3.05) is 20.2 Å². The number of hydrogen-bond acceptors (Lipinski definition) is 3. The van der Waals surface area contributed by atoms with Crippen LogP contribution >= 0.6 is 0 Å². The molecule has 3 aromatic rings. The predicted octanol–water partition coefficient (Wildman–Crippen LogP) is 4.75. The highest BCUT2D eigenvalue weighted by Gasteiger charge is 2.35. The highest BCUT2D eigenvalue weighted by molar-refractivity contribution is 5.95. The Bertz CT molecular complexity index is 1090. The summed E-state index contributed by atoms with van der Waals surface area (Å²) in [7, 11) is 1.13. The molecule has 0 spiro atoms. The molecule has 5 nitrogen and oxygen atoms in total. The first-order valence-corrected chi connectivity index (χ1v) is 9.45. The lowest BCUT2D eigenvalue weighted by Gasteiger charge is -2.32. The lowest BCUT2D eigenvalue weighted by Crippen LogP contribution is -2.38. The van der Waals surface area contributed by atoms with Gasteiger partial charge in [-0.05, 0) is 43.0 Å². The number of ether oxygens (including phenoxy) is 1. The summed E-state index contributed by atoms with van der Waals surface area (Å²) in [6, 6.07) is 4.91. The van der Waals surface area contributed by atoms with Gasteiger partial charge in [-0.3, -0.25) is 4.79 Å².